The van der Waals surface area contributed by atoms with Crippen LogP contribution in [0.15, 0.2) is 59.4 Å². The lowest BCUT2D eigenvalue weighted by molar-refractivity contribution is 0.0292. The maximum atomic E-state index is 12.1. The summed E-state index contributed by atoms with van der Waals surface area (Å²) in [4.78, 5) is 12.1. The Morgan fingerprint density at radius 2 is 1.73 bits per heavy atom. The third-order valence-electron chi connectivity index (χ3n) is 3.22. The van der Waals surface area contributed by atoms with Gasteiger partial charge in [-0.15, -0.1) is 5.23 Å². The Balaban J connectivity index is 2.02. The van der Waals surface area contributed by atoms with E-state index in [-0.39, 0.29) is 16.5 Å². The maximum absolute atomic E-state index is 12.1. The first-order valence-corrected chi connectivity index (χ1v) is 6.79. The van der Waals surface area contributed by atoms with E-state index in [0.717, 1.165) is 5.56 Å². The maximum Gasteiger partial charge on any atom is 0.271 e. The summed E-state index contributed by atoms with van der Waals surface area (Å²) < 4.78 is 1.36. The van der Waals surface area contributed by atoms with Gasteiger partial charge in [-0.25, -0.2) is 4.68 Å². The zero-order valence-corrected chi connectivity index (χ0v) is 12.0. The van der Waals surface area contributed by atoms with Crippen LogP contribution in [0.1, 0.15) is 0 Å². The molecule has 7 heteroatoms. The number of H-pyrrole nitrogens is 1. The number of aromatic nitrogens is 2. The van der Waals surface area contributed by atoms with Crippen molar-refractivity contribution in [1.82, 2.24) is 9.78 Å². The van der Waals surface area contributed by atoms with Crippen molar-refractivity contribution in [3.05, 3.63) is 70.0 Å². The minimum atomic E-state index is -0.238. The molecule has 22 heavy (non-hydrogen) atoms. The Morgan fingerprint density at radius 1 is 1.05 bits per heavy atom. The Labute approximate surface area is 130 Å². The van der Waals surface area contributed by atoms with Gasteiger partial charge < -0.3 is 0 Å². The molecule has 1 heterocycles. The lowest BCUT2D eigenvalue weighted by atomic mass is 10.1. The van der Waals surface area contributed by atoms with Gasteiger partial charge in [0.25, 0.3) is 5.56 Å². The Morgan fingerprint density at radius 3 is 2.36 bits per heavy atom. The standard InChI is InChI=1S/C15H12ClN3O3/c16-12-3-1-2-4-14(12)18-15(20)9-13(17-18)10-5-7-11(8-6-10)19(21)22/h1-9,17,21-22H. The molecule has 0 aliphatic rings. The van der Waals surface area contributed by atoms with Crippen LogP contribution in [-0.4, -0.2) is 20.2 Å². The van der Waals surface area contributed by atoms with E-state index in [1.807, 2.05) is 0 Å². The van der Waals surface area contributed by atoms with Crippen LogP contribution in [-0.2, 0) is 0 Å². The first kappa shape index (κ1) is 14.4. The second kappa shape index (κ2) is 5.69. The first-order valence-electron chi connectivity index (χ1n) is 6.41. The molecule has 1 aromatic heterocycles. The summed E-state index contributed by atoms with van der Waals surface area (Å²) in [6.45, 7) is 0. The molecular formula is C15H12ClN3O3. The van der Waals surface area contributed by atoms with Crippen LogP contribution in [0.3, 0.4) is 0 Å². The molecule has 0 radical (unpaired) electrons. The number of hydrogen-bond acceptors (Lipinski definition) is 4. The average Bonchev–Trinajstić information content (AvgIpc) is 2.90. The summed E-state index contributed by atoms with van der Waals surface area (Å²) in [5.41, 5.74) is 1.87. The highest BCUT2D eigenvalue weighted by atomic mass is 35.5. The average molecular weight is 318 g/mol. The van der Waals surface area contributed by atoms with Gasteiger partial charge in [0.15, 0.2) is 0 Å². The fraction of sp³-hybridized carbons (Fsp3) is 0. The van der Waals surface area contributed by atoms with Gasteiger partial charge in [0.1, 0.15) is 0 Å². The molecular weight excluding hydrogens is 306 g/mol. The van der Waals surface area contributed by atoms with Crippen molar-refractivity contribution in [2.75, 3.05) is 5.23 Å². The monoisotopic (exact) mass is 317 g/mol. The quantitative estimate of drug-likeness (QED) is 0.648. The highest BCUT2D eigenvalue weighted by Gasteiger charge is 2.10. The molecule has 6 nitrogen and oxygen atoms in total. The molecule has 112 valence electrons. The van der Waals surface area contributed by atoms with E-state index in [9.17, 15) is 4.79 Å². The second-order valence-corrected chi connectivity index (χ2v) is 5.04. The summed E-state index contributed by atoms with van der Waals surface area (Å²) in [6, 6.07) is 14.8. The molecule has 3 aromatic rings. The van der Waals surface area contributed by atoms with E-state index in [1.165, 1.54) is 22.9 Å². The van der Waals surface area contributed by atoms with Gasteiger partial charge in [-0.2, -0.15) is 0 Å². The number of aromatic amines is 1. The van der Waals surface area contributed by atoms with Gasteiger partial charge >= 0.3 is 0 Å². The summed E-state index contributed by atoms with van der Waals surface area (Å²) in [7, 11) is 0. The Bertz CT molecular complexity index is 853. The van der Waals surface area contributed by atoms with Crippen molar-refractivity contribution in [2.45, 2.75) is 0 Å². The molecule has 0 spiro atoms. The SMILES string of the molecule is O=c1cc(-c2ccc(N(O)O)cc2)[nH]n1-c1ccccc1Cl. The Kier molecular flexibility index (Phi) is 3.72. The van der Waals surface area contributed by atoms with Crippen LogP contribution in [0, 0.1) is 0 Å². The summed E-state index contributed by atoms with van der Waals surface area (Å²) in [6.07, 6.45) is 0. The van der Waals surface area contributed by atoms with Crippen molar-refractivity contribution >= 4 is 17.3 Å². The van der Waals surface area contributed by atoms with Crippen molar-refractivity contribution in [1.29, 1.82) is 0 Å². The van der Waals surface area contributed by atoms with Crippen LogP contribution >= 0.6 is 11.6 Å². The molecule has 0 saturated heterocycles. The molecule has 0 unspecified atom stereocenters. The number of nitrogens with zero attached hydrogens (tertiary/aromatic N) is 2. The van der Waals surface area contributed by atoms with E-state index in [4.69, 9.17) is 22.0 Å². The molecule has 2 aromatic carbocycles. The Hall–Kier alpha value is -2.54. The lowest BCUT2D eigenvalue weighted by Crippen LogP contribution is -2.13. The van der Waals surface area contributed by atoms with Crippen LogP contribution in [0.4, 0.5) is 5.69 Å². The van der Waals surface area contributed by atoms with Crippen LogP contribution < -0.4 is 10.8 Å². The van der Waals surface area contributed by atoms with Crippen molar-refractivity contribution in [3.8, 4) is 16.9 Å². The van der Waals surface area contributed by atoms with Gasteiger partial charge in [0, 0.05) is 6.07 Å². The second-order valence-electron chi connectivity index (χ2n) is 4.63. The molecule has 3 rings (SSSR count). The normalized spacial score (nSPS) is 10.7. The van der Waals surface area contributed by atoms with Gasteiger partial charge in [0.2, 0.25) is 0 Å². The number of para-hydroxylation sites is 1. The van der Waals surface area contributed by atoms with Crippen molar-refractivity contribution in [2.24, 2.45) is 0 Å². The first-order chi connectivity index (χ1) is 10.6. The van der Waals surface area contributed by atoms with Crippen molar-refractivity contribution in [3.63, 3.8) is 0 Å². The number of benzene rings is 2. The van der Waals surface area contributed by atoms with Crippen molar-refractivity contribution < 1.29 is 10.4 Å². The predicted molar refractivity (Wildman–Crippen MR) is 82.9 cm³/mol. The van der Waals surface area contributed by atoms with Gasteiger partial charge in [-0.1, -0.05) is 35.9 Å². The summed E-state index contributed by atoms with van der Waals surface area (Å²) >= 11 is 6.10. The smallest absolute Gasteiger partial charge is 0.271 e. The zero-order valence-electron chi connectivity index (χ0n) is 11.3. The van der Waals surface area contributed by atoms with E-state index < -0.39 is 0 Å². The van der Waals surface area contributed by atoms with E-state index >= 15 is 0 Å². The topological polar surface area (TPSA) is 81.5 Å². The predicted octanol–water partition coefficient (Wildman–Crippen LogP) is 3.07. The minimum Gasteiger partial charge on any atom is -0.290 e. The highest BCUT2D eigenvalue weighted by molar-refractivity contribution is 6.32. The minimum absolute atomic E-state index is 0.0292. The third kappa shape index (κ3) is 2.62. The van der Waals surface area contributed by atoms with Crippen LogP contribution in [0.2, 0.25) is 5.02 Å². The molecule has 0 aliphatic carbocycles. The van der Waals surface area contributed by atoms with Gasteiger partial charge in [0.05, 0.1) is 22.1 Å². The number of halogens is 1. The van der Waals surface area contributed by atoms with Gasteiger partial charge in [-0.05, 0) is 29.8 Å². The number of anilines is 1. The number of hydrogen-bond donors (Lipinski definition) is 3. The van der Waals surface area contributed by atoms with E-state index in [0.29, 0.717) is 16.4 Å². The molecule has 0 amide bonds. The van der Waals surface area contributed by atoms with Crippen LogP contribution in [0.5, 0.6) is 0 Å². The number of rotatable bonds is 3. The zero-order chi connectivity index (χ0) is 15.7. The molecule has 3 N–H and O–H groups in total. The molecule has 0 fully saturated rings. The lowest BCUT2D eigenvalue weighted by Gasteiger charge is -2.08. The third-order valence-corrected chi connectivity index (χ3v) is 3.54. The van der Waals surface area contributed by atoms with E-state index in [1.54, 1.807) is 36.4 Å². The van der Waals surface area contributed by atoms with Gasteiger partial charge in [-0.3, -0.25) is 20.3 Å². The molecule has 0 atom stereocenters. The largest absolute Gasteiger partial charge is 0.290 e. The van der Waals surface area contributed by atoms with Crippen LogP contribution in [0.25, 0.3) is 16.9 Å². The van der Waals surface area contributed by atoms with E-state index in [2.05, 4.69) is 5.10 Å². The fourth-order valence-electron chi connectivity index (χ4n) is 2.13. The fourth-order valence-corrected chi connectivity index (χ4v) is 2.35. The highest BCUT2D eigenvalue weighted by Crippen LogP contribution is 2.22. The number of nitrogens with one attached hydrogen (secondary N) is 1. The molecule has 0 saturated carbocycles. The summed E-state index contributed by atoms with van der Waals surface area (Å²) in [5.74, 6) is 0. The molecule has 0 bridgehead atoms. The summed E-state index contributed by atoms with van der Waals surface area (Å²) in [5, 5.41) is 21.3. The molecule has 0 aliphatic heterocycles.